The van der Waals surface area contributed by atoms with E-state index in [1.165, 1.54) is 0 Å². The van der Waals surface area contributed by atoms with Crippen molar-refractivity contribution >= 4 is 5.69 Å². The third-order valence-electron chi connectivity index (χ3n) is 2.80. The smallest absolute Gasteiger partial charge is 0.416 e. The Labute approximate surface area is 109 Å². The summed E-state index contributed by atoms with van der Waals surface area (Å²) in [5.41, 5.74) is 0.466. The van der Waals surface area contributed by atoms with Crippen LogP contribution in [0.25, 0.3) is 0 Å². The first-order chi connectivity index (χ1) is 8.86. The number of aryl methyl sites for hydroxylation is 1. The van der Waals surface area contributed by atoms with Gasteiger partial charge in [0.15, 0.2) is 0 Å². The molecule has 0 aliphatic rings. The van der Waals surface area contributed by atoms with Crippen LogP contribution in [-0.4, -0.2) is 7.05 Å². The van der Waals surface area contributed by atoms with Gasteiger partial charge in [-0.1, -0.05) is 0 Å². The second-order valence-electron chi connectivity index (χ2n) is 4.49. The Morgan fingerprint density at radius 1 is 1.21 bits per heavy atom. The minimum absolute atomic E-state index is 0.424. The molecule has 0 N–H and O–H groups in total. The van der Waals surface area contributed by atoms with Crippen molar-refractivity contribution < 1.29 is 17.6 Å². The molecule has 102 valence electrons. The Hall–Kier alpha value is -1.91. The molecule has 0 aliphatic heterocycles. The summed E-state index contributed by atoms with van der Waals surface area (Å²) in [4.78, 5) is 1.72. The van der Waals surface area contributed by atoms with Gasteiger partial charge in [-0.3, -0.25) is 0 Å². The Balaban J connectivity index is 2.26. The fourth-order valence-corrected chi connectivity index (χ4v) is 1.87. The number of rotatable bonds is 3. The molecule has 0 saturated carbocycles. The Morgan fingerprint density at radius 3 is 2.53 bits per heavy atom. The molecular weight excluding hydrogens is 255 g/mol. The van der Waals surface area contributed by atoms with Crippen LogP contribution in [-0.2, 0) is 12.7 Å². The molecular formula is C14H14F3NO. The minimum atomic E-state index is -4.33. The molecule has 1 aromatic heterocycles. The number of nitrogens with zero attached hydrogens (tertiary/aromatic N) is 1. The highest BCUT2D eigenvalue weighted by molar-refractivity contribution is 5.51. The van der Waals surface area contributed by atoms with Crippen molar-refractivity contribution in [2.45, 2.75) is 19.6 Å². The van der Waals surface area contributed by atoms with Gasteiger partial charge < -0.3 is 9.32 Å². The molecule has 5 heteroatoms. The lowest BCUT2D eigenvalue weighted by Gasteiger charge is -2.20. The van der Waals surface area contributed by atoms with E-state index < -0.39 is 11.7 Å². The highest BCUT2D eigenvalue weighted by Gasteiger charge is 2.31. The van der Waals surface area contributed by atoms with E-state index in [-0.39, 0.29) is 0 Å². The van der Waals surface area contributed by atoms with E-state index in [0.717, 1.165) is 12.1 Å². The van der Waals surface area contributed by atoms with Crippen LogP contribution < -0.4 is 4.90 Å². The van der Waals surface area contributed by atoms with Crippen LogP contribution in [0.3, 0.4) is 0 Å². The summed E-state index contributed by atoms with van der Waals surface area (Å²) in [5.74, 6) is 0.706. The number of anilines is 1. The Bertz CT molecular complexity index is 546. The predicted octanol–water partition coefficient (Wildman–Crippen LogP) is 4.24. The molecule has 0 saturated heterocycles. The molecule has 0 spiro atoms. The topological polar surface area (TPSA) is 16.4 Å². The van der Waals surface area contributed by atoms with E-state index >= 15 is 0 Å². The molecule has 19 heavy (non-hydrogen) atoms. The zero-order chi connectivity index (χ0) is 14.0. The molecule has 1 heterocycles. The average molecular weight is 269 g/mol. The van der Waals surface area contributed by atoms with Gasteiger partial charge in [0.1, 0.15) is 5.76 Å². The van der Waals surface area contributed by atoms with Gasteiger partial charge in [0, 0.05) is 12.7 Å². The number of benzene rings is 1. The van der Waals surface area contributed by atoms with E-state index in [4.69, 9.17) is 4.42 Å². The Kier molecular flexibility index (Phi) is 3.55. The van der Waals surface area contributed by atoms with Gasteiger partial charge in [0.2, 0.25) is 0 Å². The Morgan fingerprint density at radius 2 is 1.95 bits per heavy atom. The zero-order valence-corrected chi connectivity index (χ0v) is 10.7. The lowest BCUT2D eigenvalue weighted by Crippen LogP contribution is -2.17. The van der Waals surface area contributed by atoms with Crippen LogP contribution in [0.1, 0.15) is 16.9 Å². The lowest BCUT2D eigenvalue weighted by molar-refractivity contribution is -0.137. The van der Waals surface area contributed by atoms with Crippen molar-refractivity contribution in [3.8, 4) is 0 Å². The first-order valence-electron chi connectivity index (χ1n) is 5.78. The molecule has 1 aromatic carbocycles. The van der Waals surface area contributed by atoms with Crippen LogP contribution in [0, 0.1) is 6.92 Å². The SMILES string of the molecule is Cc1cc(N(C)Cc2ccco2)cc(C(F)(F)F)c1. The first kappa shape index (κ1) is 13.5. The summed E-state index contributed by atoms with van der Waals surface area (Å²) in [5, 5.41) is 0. The average Bonchev–Trinajstić information content (AvgIpc) is 2.79. The normalized spacial score (nSPS) is 11.6. The van der Waals surface area contributed by atoms with Crippen LogP contribution in [0.2, 0.25) is 0 Å². The monoisotopic (exact) mass is 269 g/mol. The van der Waals surface area contributed by atoms with Crippen molar-refractivity contribution in [2.75, 3.05) is 11.9 Å². The fraction of sp³-hybridized carbons (Fsp3) is 0.286. The lowest BCUT2D eigenvalue weighted by atomic mass is 10.1. The van der Waals surface area contributed by atoms with Gasteiger partial charge in [0.05, 0.1) is 18.4 Å². The van der Waals surface area contributed by atoms with Crippen LogP contribution >= 0.6 is 0 Å². The van der Waals surface area contributed by atoms with Crippen LogP contribution in [0.4, 0.5) is 18.9 Å². The molecule has 0 atom stereocenters. The summed E-state index contributed by atoms with van der Waals surface area (Å²) >= 11 is 0. The number of furan rings is 1. The fourth-order valence-electron chi connectivity index (χ4n) is 1.87. The predicted molar refractivity (Wildman–Crippen MR) is 67.0 cm³/mol. The van der Waals surface area contributed by atoms with Crippen LogP contribution in [0.15, 0.2) is 41.0 Å². The van der Waals surface area contributed by atoms with Gasteiger partial charge in [-0.2, -0.15) is 13.2 Å². The van der Waals surface area contributed by atoms with Gasteiger partial charge >= 0.3 is 6.18 Å². The molecule has 0 unspecified atom stereocenters. The maximum absolute atomic E-state index is 12.8. The van der Waals surface area contributed by atoms with Crippen molar-refractivity contribution in [1.82, 2.24) is 0 Å². The van der Waals surface area contributed by atoms with Gasteiger partial charge in [0.25, 0.3) is 0 Å². The summed E-state index contributed by atoms with van der Waals surface area (Å²) in [7, 11) is 1.73. The number of alkyl halides is 3. The number of halogens is 3. The second-order valence-corrected chi connectivity index (χ2v) is 4.49. The van der Waals surface area contributed by atoms with E-state index in [1.54, 1.807) is 43.3 Å². The third kappa shape index (κ3) is 3.30. The molecule has 2 aromatic rings. The van der Waals surface area contributed by atoms with Crippen molar-refractivity contribution in [2.24, 2.45) is 0 Å². The minimum Gasteiger partial charge on any atom is -0.467 e. The van der Waals surface area contributed by atoms with E-state index in [0.29, 0.717) is 23.6 Å². The molecule has 2 nitrogen and oxygen atoms in total. The largest absolute Gasteiger partial charge is 0.467 e. The summed E-state index contributed by atoms with van der Waals surface area (Å²) in [6.07, 6.45) is -2.78. The first-order valence-corrected chi connectivity index (χ1v) is 5.78. The van der Waals surface area contributed by atoms with Gasteiger partial charge in [-0.05, 0) is 42.8 Å². The maximum atomic E-state index is 12.8. The zero-order valence-electron chi connectivity index (χ0n) is 10.7. The van der Waals surface area contributed by atoms with E-state index in [9.17, 15) is 13.2 Å². The molecule has 0 amide bonds. The second kappa shape index (κ2) is 4.99. The standard InChI is InChI=1S/C14H14F3NO/c1-10-6-11(14(15,16)17)8-12(7-10)18(2)9-13-4-3-5-19-13/h3-8H,9H2,1-2H3. The summed E-state index contributed by atoms with van der Waals surface area (Å²) < 4.78 is 43.4. The van der Waals surface area contributed by atoms with Crippen molar-refractivity contribution in [3.05, 3.63) is 53.5 Å². The van der Waals surface area contributed by atoms with Gasteiger partial charge in [-0.15, -0.1) is 0 Å². The molecule has 2 rings (SSSR count). The molecule has 0 bridgehead atoms. The molecule has 0 radical (unpaired) electrons. The van der Waals surface area contributed by atoms with E-state index in [2.05, 4.69) is 0 Å². The van der Waals surface area contributed by atoms with Crippen molar-refractivity contribution in [3.63, 3.8) is 0 Å². The van der Waals surface area contributed by atoms with E-state index in [1.807, 2.05) is 0 Å². The highest BCUT2D eigenvalue weighted by Crippen LogP contribution is 2.32. The quantitative estimate of drug-likeness (QED) is 0.828. The van der Waals surface area contributed by atoms with Crippen LogP contribution in [0.5, 0.6) is 0 Å². The summed E-state index contributed by atoms with van der Waals surface area (Å²) in [6.45, 7) is 2.08. The third-order valence-corrected chi connectivity index (χ3v) is 2.80. The van der Waals surface area contributed by atoms with Gasteiger partial charge in [-0.25, -0.2) is 0 Å². The maximum Gasteiger partial charge on any atom is 0.416 e. The summed E-state index contributed by atoms with van der Waals surface area (Å²) in [6, 6.07) is 7.55. The van der Waals surface area contributed by atoms with Crippen molar-refractivity contribution in [1.29, 1.82) is 0 Å². The number of hydrogen-bond donors (Lipinski definition) is 0. The number of hydrogen-bond acceptors (Lipinski definition) is 2. The highest BCUT2D eigenvalue weighted by atomic mass is 19.4. The molecule has 0 aliphatic carbocycles. The molecule has 0 fully saturated rings.